The van der Waals surface area contributed by atoms with Crippen LogP contribution in [0.15, 0.2) is 30.6 Å². The molecule has 0 aliphatic heterocycles. The number of hydrogen-bond acceptors (Lipinski definition) is 3. The molecule has 0 saturated heterocycles. The van der Waals surface area contributed by atoms with Crippen molar-refractivity contribution in [3.63, 3.8) is 0 Å². The number of amides is 1. The van der Waals surface area contributed by atoms with E-state index in [0.717, 1.165) is 9.39 Å². The lowest BCUT2D eigenvalue weighted by molar-refractivity contribution is 0.0954. The fraction of sp³-hybridized carbons (Fsp3) is 0.182. The van der Waals surface area contributed by atoms with Gasteiger partial charge in [0, 0.05) is 22.1 Å². The van der Waals surface area contributed by atoms with Crippen LogP contribution in [0.2, 0.25) is 0 Å². The van der Waals surface area contributed by atoms with Crippen LogP contribution in [0.25, 0.3) is 0 Å². The van der Waals surface area contributed by atoms with Crippen LogP contribution in [-0.4, -0.2) is 27.6 Å². The molecule has 1 aromatic heterocycles. The molecule has 1 aromatic carbocycles. The molecule has 0 spiro atoms. The molecule has 2 N–H and O–H groups in total. The molecule has 6 heteroatoms. The van der Waals surface area contributed by atoms with Crippen LogP contribution < -0.4 is 5.32 Å². The van der Waals surface area contributed by atoms with Gasteiger partial charge in [-0.2, -0.15) is 5.10 Å². The second-order valence-electron chi connectivity index (χ2n) is 3.44. The van der Waals surface area contributed by atoms with Crippen molar-refractivity contribution < 1.29 is 4.79 Å². The van der Waals surface area contributed by atoms with Gasteiger partial charge in [-0.1, -0.05) is 0 Å². The Morgan fingerprint density at radius 3 is 2.76 bits per heavy atom. The maximum atomic E-state index is 11.7. The van der Waals surface area contributed by atoms with E-state index in [9.17, 15) is 4.79 Å². The molecule has 0 radical (unpaired) electrons. The average Bonchev–Trinajstić information content (AvgIpc) is 2.83. The maximum Gasteiger partial charge on any atom is 0.251 e. The van der Waals surface area contributed by atoms with Crippen molar-refractivity contribution in [3.05, 3.63) is 45.6 Å². The highest BCUT2D eigenvalue weighted by molar-refractivity contribution is 14.1. The van der Waals surface area contributed by atoms with Gasteiger partial charge in [0.15, 0.2) is 0 Å². The van der Waals surface area contributed by atoms with E-state index in [2.05, 4.69) is 43.1 Å². The third kappa shape index (κ3) is 3.52. The van der Waals surface area contributed by atoms with Crippen LogP contribution in [0.1, 0.15) is 16.2 Å². The molecule has 1 amide bonds. The Labute approximate surface area is 112 Å². The van der Waals surface area contributed by atoms with Gasteiger partial charge in [0.05, 0.1) is 0 Å². The molecule has 2 aromatic rings. The number of rotatable bonds is 4. The molecule has 0 bridgehead atoms. The minimum absolute atomic E-state index is 0.0686. The predicted molar refractivity (Wildman–Crippen MR) is 71.6 cm³/mol. The zero-order chi connectivity index (χ0) is 12.1. The van der Waals surface area contributed by atoms with E-state index in [1.807, 2.05) is 24.3 Å². The van der Waals surface area contributed by atoms with E-state index in [4.69, 9.17) is 0 Å². The number of halogens is 1. The van der Waals surface area contributed by atoms with E-state index in [-0.39, 0.29) is 5.91 Å². The zero-order valence-corrected chi connectivity index (χ0v) is 11.1. The summed E-state index contributed by atoms with van der Waals surface area (Å²) < 4.78 is 1.11. The summed E-state index contributed by atoms with van der Waals surface area (Å²) in [5.41, 5.74) is 0.669. The SMILES string of the molecule is O=C(NCCc1ncn[nH]1)c1ccc(I)cc1. The summed E-state index contributed by atoms with van der Waals surface area (Å²) in [6, 6.07) is 7.44. The number of carbonyl (C=O) groups is 1. The number of aromatic amines is 1. The normalized spacial score (nSPS) is 10.2. The number of carbonyl (C=O) groups excluding carboxylic acids is 1. The van der Waals surface area contributed by atoms with Crippen molar-refractivity contribution in [2.45, 2.75) is 6.42 Å². The number of H-pyrrole nitrogens is 1. The summed E-state index contributed by atoms with van der Waals surface area (Å²) in [5, 5.41) is 9.31. The Morgan fingerprint density at radius 2 is 2.12 bits per heavy atom. The van der Waals surface area contributed by atoms with Gasteiger partial charge >= 0.3 is 0 Å². The zero-order valence-electron chi connectivity index (χ0n) is 8.98. The van der Waals surface area contributed by atoms with E-state index < -0.39 is 0 Å². The Kier molecular flexibility index (Phi) is 4.08. The highest BCUT2D eigenvalue weighted by Crippen LogP contribution is 2.06. The molecule has 0 atom stereocenters. The van der Waals surface area contributed by atoms with Crippen LogP contribution in [-0.2, 0) is 6.42 Å². The molecule has 0 saturated carbocycles. The molecule has 0 aliphatic rings. The molecule has 2 rings (SSSR count). The molecule has 17 heavy (non-hydrogen) atoms. The minimum atomic E-state index is -0.0686. The molecular formula is C11H11IN4O. The topological polar surface area (TPSA) is 70.7 Å². The lowest BCUT2D eigenvalue weighted by Crippen LogP contribution is -2.25. The van der Waals surface area contributed by atoms with Crippen LogP contribution in [0.4, 0.5) is 0 Å². The molecule has 0 unspecified atom stereocenters. The smallest absolute Gasteiger partial charge is 0.251 e. The fourth-order valence-electron chi connectivity index (χ4n) is 1.35. The highest BCUT2D eigenvalue weighted by Gasteiger charge is 2.04. The van der Waals surface area contributed by atoms with Crippen molar-refractivity contribution in [1.82, 2.24) is 20.5 Å². The largest absolute Gasteiger partial charge is 0.352 e. The van der Waals surface area contributed by atoms with Crippen molar-refractivity contribution in [1.29, 1.82) is 0 Å². The van der Waals surface area contributed by atoms with Gasteiger partial charge in [-0.3, -0.25) is 9.89 Å². The van der Waals surface area contributed by atoms with Gasteiger partial charge < -0.3 is 5.32 Å². The van der Waals surface area contributed by atoms with Crippen LogP contribution in [0, 0.1) is 3.57 Å². The molecule has 88 valence electrons. The highest BCUT2D eigenvalue weighted by atomic mass is 127. The Balaban J connectivity index is 1.83. The van der Waals surface area contributed by atoms with E-state index in [1.54, 1.807) is 0 Å². The van der Waals surface area contributed by atoms with E-state index in [1.165, 1.54) is 6.33 Å². The summed E-state index contributed by atoms with van der Waals surface area (Å²) in [4.78, 5) is 15.7. The Hall–Kier alpha value is -1.44. The van der Waals surface area contributed by atoms with Crippen molar-refractivity contribution in [2.24, 2.45) is 0 Å². The van der Waals surface area contributed by atoms with Crippen molar-refractivity contribution in [3.8, 4) is 0 Å². The van der Waals surface area contributed by atoms with Gasteiger partial charge in [-0.15, -0.1) is 0 Å². The lowest BCUT2D eigenvalue weighted by Gasteiger charge is -2.03. The van der Waals surface area contributed by atoms with Gasteiger partial charge in [-0.25, -0.2) is 4.98 Å². The minimum Gasteiger partial charge on any atom is -0.352 e. The number of hydrogen-bond donors (Lipinski definition) is 2. The van der Waals surface area contributed by atoms with Gasteiger partial charge in [0.1, 0.15) is 12.2 Å². The number of aromatic nitrogens is 3. The van der Waals surface area contributed by atoms with Crippen molar-refractivity contribution >= 4 is 28.5 Å². The van der Waals surface area contributed by atoms with Crippen LogP contribution in [0.3, 0.4) is 0 Å². The molecule has 5 nitrogen and oxygen atoms in total. The fourth-order valence-corrected chi connectivity index (χ4v) is 1.71. The van der Waals surface area contributed by atoms with Crippen LogP contribution in [0.5, 0.6) is 0 Å². The first-order valence-electron chi connectivity index (χ1n) is 5.14. The van der Waals surface area contributed by atoms with Crippen molar-refractivity contribution in [2.75, 3.05) is 6.54 Å². The molecule has 0 fully saturated rings. The Bertz CT molecular complexity index is 481. The summed E-state index contributed by atoms with van der Waals surface area (Å²) >= 11 is 2.20. The third-order valence-corrected chi connectivity index (χ3v) is 2.94. The summed E-state index contributed by atoms with van der Waals surface area (Å²) in [6.07, 6.45) is 2.10. The van der Waals surface area contributed by atoms with E-state index >= 15 is 0 Å². The predicted octanol–water partition coefficient (Wildman–Crippen LogP) is 1.38. The third-order valence-electron chi connectivity index (χ3n) is 2.22. The second kappa shape index (κ2) is 5.76. The summed E-state index contributed by atoms with van der Waals surface area (Å²) in [7, 11) is 0. The van der Waals surface area contributed by atoms with Gasteiger partial charge in [0.2, 0.25) is 0 Å². The molecule has 1 heterocycles. The number of benzene rings is 1. The summed E-state index contributed by atoms with van der Waals surface area (Å²) in [6.45, 7) is 0.542. The summed E-state index contributed by atoms with van der Waals surface area (Å²) in [5.74, 6) is 0.703. The monoisotopic (exact) mass is 342 g/mol. The first-order valence-corrected chi connectivity index (χ1v) is 6.21. The van der Waals surface area contributed by atoms with Crippen LogP contribution >= 0.6 is 22.6 Å². The lowest BCUT2D eigenvalue weighted by atomic mass is 10.2. The first-order chi connectivity index (χ1) is 8.25. The molecule has 0 aliphatic carbocycles. The standard InChI is InChI=1S/C11H11IN4O/c12-9-3-1-8(2-4-9)11(17)13-6-5-10-14-7-15-16-10/h1-4,7H,5-6H2,(H,13,17)(H,14,15,16). The van der Waals surface area contributed by atoms with Gasteiger partial charge in [0.25, 0.3) is 5.91 Å². The average molecular weight is 342 g/mol. The molecular weight excluding hydrogens is 331 g/mol. The Morgan fingerprint density at radius 1 is 1.35 bits per heavy atom. The van der Waals surface area contributed by atoms with Gasteiger partial charge in [-0.05, 0) is 46.9 Å². The number of nitrogens with zero attached hydrogens (tertiary/aromatic N) is 2. The first kappa shape index (κ1) is 12.0. The van der Waals surface area contributed by atoms with E-state index in [0.29, 0.717) is 18.5 Å². The maximum absolute atomic E-state index is 11.7. The second-order valence-corrected chi connectivity index (χ2v) is 4.69. The number of nitrogens with one attached hydrogen (secondary N) is 2. The quantitative estimate of drug-likeness (QED) is 0.825.